The van der Waals surface area contributed by atoms with Crippen LogP contribution in [0.25, 0.3) is 0 Å². The average molecular weight is 425 g/mol. The Balaban J connectivity index is 4.12. The van der Waals surface area contributed by atoms with Gasteiger partial charge in [0.2, 0.25) is 0 Å². The van der Waals surface area contributed by atoms with Gasteiger partial charge in [-0.3, -0.25) is 0 Å². The summed E-state index contributed by atoms with van der Waals surface area (Å²) in [6.45, 7) is 12.6. The molecule has 1 heteroatoms. The highest BCUT2D eigenvalue weighted by Gasteiger charge is 2.27. The maximum Gasteiger partial charge on any atom is 0.0575 e. The largest absolute Gasteiger partial charge is 0.378 e. The van der Waals surface area contributed by atoms with Crippen LogP contribution in [0.3, 0.4) is 0 Å². The standard InChI is InChI=1S/C29H60O/c1-6-11-21-28(30-27-10-5)22-19-17-15-16-18-20-26-29(23-12-7-2,24-13-8-3)25-14-9-4/h28H,6-27H2,1-5H3. The molecule has 0 amide bonds. The zero-order valence-electron chi connectivity index (χ0n) is 22.0. The molecule has 1 unspecified atom stereocenters. The van der Waals surface area contributed by atoms with E-state index < -0.39 is 0 Å². The molecule has 0 N–H and O–H groups in total. The van der Waals surface area contributed by atoms with E-state index >= 15 is 0 Å². The van der Waals surface area contributed by atoms with E-state index in [1.54, 1.807) is 0 Å². The van der Waals surface area contributed by atoms with Gasteiger partial charge in [0.25, 0.3) is 0 Å². The van der Waals surface area contributed by atoms with Crippen molar-refractivity contribution in [2.75, 3.05) is 6.61 Å². The van der Waals surface area contributed by atoms with Gasteiger partial charge >= 0.3 is 0 Å². The van der Waals surface area contributed by atoms with Crippen LogP contribution in [0.5, 0.6) is 0 Å². The Bertz CT molecular complexity index is 295. The third kappa shape index (κ3) is 16.6. The molecule has 0 aliphatic heterocycles. The van der Waals surface area contributed by atoms with Crippen LogP contribution in [0.1, 0.15) is 169 Å². The molecule has 182 valence electrons. The number of hydrogen-bond donors (Lipinski definition) is 0. The van der Waals surface area contributed by atoms with Crippen molar-refractivity contribution in [1.82, 2.24) is 0 Å². The number of unbranched alkanes of at least 4 members (excludes halogenated alkanes) is 9. The van der Waals surface area contributed by atoms with Crippen molar-refractivity contribution in [3.05, 3.63) is 0 Å². The Kier molecular flexibility index (Phi) is 22.1. The van der Waals surface area contributed by atoms with Crippen LogP contribution in [0.2, 0.25) is 0 Å². The summed E-state index contributed by atoms with van der Waals surface area (Å²) in [7, 11) is 0. The highest BCUT2D eigenvalue weighted by atomic mass is 16.5. The molecule has 0 bridgehead atoms. The predicted octanol–water partition coefficient (Wildman–Crippen LogP) is 10.6. The Hall–Kier alpha value is -0.0400. The van der Waals surface area contributed by atoms with Crippen LogP contribution < -0.4 is 0 Å². The molecule has 0 aromatic heterocycles. The fourth-order valence-electron chi connectivity index (χ4n) is 5.01. The third-order valence-corrected chi connectivity index (χ3v) is 7.10. The summed E-state index contributed by atoms with van der Waals surface area (Å²) in [6, 6.07) is 0. The lowest BCUT2D eigenvalue weighted by Gasteiger charge is -2.35. The molecule has 0 heterocycles. The molecule has 30 heavy (non-hydrogen) atoms. The normalized spacial score (nSPS) is 13.1. The maximum atomic E-state index is 6.07. The molecule has 0 aromatic rings. The molecule has 0 radical (unpaired) electrons. The second-order valence-corrected chi connectivity index (χ2v) is 10.1. The lowest BCUT2D eigenvalue weighted by Crippen LogP contribution is -2.21. The van der Waals surface area contributed by atoms with Gasteiger partial charge in [-0.1, -0.05) is 125 Å². The van der Waals surface area contributed by atoms with Crippen molar-refractivity contribution in [2.24, 2.45) is 5.41 Å². The first-order valence-corrected chi connectivity index (χ1v) is 14.3. The van der Waals surface area contributed by atoms with Gasteiger partial charge in [0.05, 0.1) is 6.10 Å². The molecule has 1 nitrogen and oxygen atoms in total. The quantitative estimate of drug-likeness (QED) is 0.140. The minimum Gasteiger partial charge on any atom is -0.378 e. The molecule has 0 aromatic carbocycles. The van der Waals surface area contributed by atoms with Crippen LogP contribution in [-0.2, 0) is 4.74 Å². The average Bonchev–Trinajstić information content (AvgIpc) is 2.77. The van der Waals surface area contributed by atoms with Crippen molar-refractivity contribution < 1.29 is 4.74 Å². The molecular formula is C29H60O. The lowest BCUT2D eigenvalue weighted by molar-refractivity contribution is 0.0388. The van der Waals surface area contributed by atoms with Crippen molar-refractivity contribution in [3.8, 4) is 0 Å². The first kappa shape index (κ1) is 30.0. The van der Waals surface area contributed by atoms with Gasteiger partial charge < -0.3 is 4.74 Å². The summed E-state index contributed by atoms with van der Waals surface area (Å²) >= 11 is 0. The van der Waals surface area contributed by atoms with Gasteiger partial charge in [0, 0.05) is 6.61 Å². The van der Waals surface area contributed by atoms with Gasteiger partial charge in [-0.15, -0.1) is 0 Å². The summed E-state index contributed by atoms with van der Waals surface area (Å²) in [5.74, 6) is 0. The van der Waals surface area contributed by atoms with E-state index in [-0.39, 0.29) is 0 Å². The highest BCUT2D eigenvalue weighted by molar-refractivity contribution is 4.79. The number of ether oxygens (including phenoxy) is 1. The zero-order valence-corrected chi connectivity index (χ0v) is 22.0. The van der Waals surface area contributed by atoms with Gasteiger partial charge in [0.1, 0.15) is 0 Å². The van der Waals surface area contributed by atoms with E-state index in [1.165, 1.54) is 128 Å². The van der Waals surface area contributed by atoms with E-state index in [9.17, 15) is 0 Å². The molecule has 0 aliphatic carbocycles. The SMILES string of the molecule is CCCCC(CCCCCCCCC(CCCC)(CCCC)CCCC)OCCC. The summed E-state index contributed by atoms with van der Waals surface area (Å²) in [4.78, 5) is 0. The monoisotopic (exact) mass is 424 g/mol. The van der Waals surface area contributed by atoms with Gasteiger partial charge in [-0.2, -0.15) is 0 Å². The van der Waals surface area contributed by atoms with Crippen molar-refractivity contribution in [2.45, 2.75) is 176 Å². The van der Waals surface area contributed by atoms with Crippen molar-refractivity contribution in [3.63, 3.8) is 0 Å². The zero-order chi connectivity index (χ0) is 22.3. The molecule has 0 rings (SSSR count). The Labute approximate surface area is 192 Å². The van der Waals surface area contributed by atoms with Crippen LogP contribution in [-0.4, -0.2) is 12.7 Å². The number of rotatable bonds is 24. The summed E-state index contributed by atoms with van der Waals surface area (Å²) in [5, 5.41) is 0. The first-order valence-electron chi connectivity index (χ1n) is 14.3. The van der Waals surface area contributed by atoms with Crippen LogP contribution in [0, 0.1) is 5.41 Å². The van der Waals surface area contributed by atoms with E-state index in [2.05, 4.69) is 34.6 Å². The summed E-state index contributed by atoms with van der Waals surface area (Å²) in [5.41, 5.74) is 0.672. The second kappa shape index (κ2) is 22.2. The van der Waals surface area contributed by atoms with Crippen molar-refractivity contribution in [1.29, 1.82) is 0 Å². The molecule has 0 saturated carbocycles. The molecule has 0 saturated heterocycles. The van der Waals surface area contributed by atoms with E-state index in [0.717, 1.165) is 13.0 Å². The fraction of sp³-hybridized carbons (Fsp3) is 1.00. The maximum absolute atomic E-state index is 6.07. The first-order chi connectivity index (χ1) is 14.7. The second-order valence-electron chi connectivity index (χ2n) is 10.1. The van der Waals surface area contributed by atoms with E-state index in [1.807, 2.05) is 0 Å². The summed E-state index contributed by atoms with van der Waals surface area (Å²) < 4.78 is 6.07. The minimum absolute atomic E-state index is 0.529. The Morgan fingerprint density at radius 2 is 0.900 bits per heavy atom. The molecular weight excluding hydrogens is 364 g/mol. The Morgan fingerprint density at radius 1 is 0.467 bits per heavy atom. The van der Waals surface area contributed by atoms with E-state index in [0.29, 0.717) is 11.5 Å². The fourth-order valence-corrected chi connectivity index (χ4v) is 5.01. The smallest absolute Gasteiger partial charge is 0.0575 e. The van der Waals surface area contributed by atoms with E-state index in [4.69, 9.17) is 4.74 Å². The van der Waals surface area contributed by atoms with Crippen LogP contribution >= 0.6 is 0 Å². The van der Waals surface area contributed by atoms with Gasteiger partial charge in [-0.05, 0) is 50.4 Å². The highest BCUT2D eigenvalue weighted by Crippen LogP contribution is 2.41. The predicted molar refractivity (Wildman–Crippen MR) is 138 cm³/mol. The topological polar surface area (TPSA) is 9.23 Å². The molecule has 0 aliphatic rings. The number of hydrogen-bond acceptors (Lipinski definition) is 1. The molecule has 0 fully saturated rings. The third-order valence-electron chi connectivity index (χ3n) is 7.10. The van der Waals surface area contributed by atoms with Crippen LogP contribution in [0.15, 0.2) is 0 Å². The molecule has 0 spiro atoms. The van der Waals surface area contributed by atoms with Crippen LogP contribution in [0.4, 0.5) is 0 Å². The van der Waals surface area contributed by atoms with Gasteiger partial charge in [0.15, 0.2) is 0 Å². The Morgan fingerprint density at radius 3 is 1.40 bits per heavy atom. The van der Waals surface area contributed by atoms with Gasteiger partial charge in [-0.25, -0.2) is 0 Å². The molecule has 1 atom stereocenters. The summed E-state index contributed by atoms with van der Waals surface area (Å²) in [6.07, 6.45) is 29.8. The lowest BCUT2D eigenvalue weighted by atomic mass is 9.71. The van der Waals surface area contributed by atoms with Crippen molar-refractivity contribution >= 4 is 0 Å². The minimum atomic E-state index is 0.529.